The Hall–Kier alpha value is -4.45. The second-order valence-electron chi connectivity index (χ2n) is 8.30. The van der Waals surface area contributed by atoms with Crippen LogP contribution in [0.2, 0.25) is 0 Å². The molecule has 6 nitrogen and oxygen atoms in total. The van der Waals surface area contributed by atoms with Gasteiger partial charge in [-0.3, -0.25) is 4.68 Å². The lowest BCUT2D eigenvalue weighted by Gasteiger charge is -2.12. The number of benzene rings is 2. The Morgan fingerprint density at radius 2 is 1.74 bits per heavy atom. The van der Waals surface area contributed by atoms with E-state index in [4.69, 9.17) is 4.52 Å². The van der Waals surface area contributed by atoms with E-state index in [2.05, 4.69) is 20.2 Å². The predicted molar refractivity (Wildman–Crippen MR) is 129 cm³/mol. The van der Waals surface area contributed by atoms with Crippen molar-refractivity contribution in [2.45, 2.75) is 12.7 Å². The minimum atomic E-state index is -4.60. The summed E-state index contributed by atoms with van der Waals surface area (Å²) in [5.41, 5.74) is 0.202. The van der Waals surface area contributed by atoms with E-state index in [1.54, 1.807) is 23.6 Å². The molecule has 4 heterocycles. The van der Waals surface area contributed by atoms with E-state index in [1.165, 1.54) is 52.7 Å². The lowest BCUT2D eigenvalue weighted by atomic mass is 10.00. The number of thiophene rings is 1. The molecule has 2 aromatic heterocycles. The standard InChI is InChI=1S/C26H14F5N5OS/c27-19-4-1-3-17(24(19)28)25-33-21-11-32-36(13-22(21)34-25)12-15-10-20(35-37-15)16-7-6-14(23-5-2-8-38-23)9-18(16)26(29,30)31/h1-11,13H,12H2. The van der Waals surface area contributed by atoms with Crippen LogP contribution in [0.4, 0.5) is 22.0 Å². The number of hydrogen-bond acceptors (Lipinski definition) is 6. The summed E-state index contributed by atoms with van der Waals surface area (Å²) < 4.78 is 76.2. The smallest absolute Gasteiger partial charge is 0.359 e. The van der Waals surface area contributed by atoms with Gasteiger partial charge in [-0.1, -0.05) is 29.4 Å². The first-order chi connectivity index (χ1) is 18.3. The zero-order valence-electron chi connectivity index (χ0n) is 19.1. The van der Waals surface area contributed by atoms with E-state index >= 15 is 0 Å². The van der Waals surface area contributed by atoms with Crippen molar-refractivity contribution >= 4 is 11.3 Å². The Labute approximate surface area is 215 Å². The highest BCUT2D eigenvalue weighted by Crippen LogP contribution is 2.40. The van der Waals surface area contributed by atoms with Crippen molar-refractivity contribution in [1.29, 1.82) is 0 Å². The third-order valence-electron chi connectivity index (χ3n) is 5.79. The van der Waals surface area contributed by atoms with Crippen molar-refractivity contribution in [3.05, 3.63) is 95.3 Å². The fourth-order valence-electron chi connectivity index (χ4n) is 4.02. The van der Waals surface area contributed by atoms with E-state index in [0.717, 1.165) is 17.0 Å². The molecule has 0 saturated heterocycles. The summed E-state index contributed by atoms with van der Waals surface area (Å²) in [6, 6.07) is 12.8. The summed E-state index contributed by atoms with van der Waals surface area (Å²) in [5, 5.41) is 9.86. The third-order valence-corrected chi connectivity index (χ3v) is 6.71. The van der Waals surface area contributed by atoms with Crippen molar-refractivity contribution in [2.24, 2.45) is 0 Å². The highest BCUT2D eigenvalue weighted by molar-refractivity contribution is 7.13. The zero-order chi connectivity index (χ0) is 26.4. The molecule has 0 saturated carbocycles. The molecule has 6 rings (SSSR count). The molecule has 0 amide bonds. The molecule has 0 aliphatic carbocycles. The van der Waals surface area contributed by atoms with Crippen LogP contribution in [-0.2, 0) is 12.7 Å². The van der Waals surface area contributed by atoms with E-state index in [-0.39, 0.29) is 35.0 Å². The molecular formula is C26H14F5N5OS. The van der Waals surface area contributed by atoms with Crippen LogP contribution >= 0.6 is 11.3 Å². The zero-order valence-corrected chi connectivity index (χ0v) is 19.9. The van der Waals surface area contributed by atoms with Gasteiger partial charge in [0.15, 0.2) is 23.2 Å². The number of alkyl halides is 3. The van der Waals surface area contributed by atoms with E-state index in [9.17, 15) is 22.0 Å². The molecule has 0 atom stereocenters. The van der Waals surface area contributed by atoms with Crippen molar-refractivity contribution in [2.75, 3.05) is 0 Å². The summed E-state index contributed by atoms with van der Waals surface area (Å²) >= 11 is 1.35. The van der Waals surface area contributed by atoms with Crippen LogP contribution in [0.15, 0.2) is 76.9 Å². The molecule has 0 unspecified atom stereocenters. The summed E-state index contributed by atoms with van der Waals surface area (Å²) in [4.78, 5) is 9.18. The number of halogens is 5. The SMILES string of the molecule is Fc1cccc(-c2nc3cnn(Cc4cc(-c5ccc(-c6cccs6)cc5C(F)(F)F)no4)cc-3n2)c1F. The fraction of sp³-hybridized carbons (Fsp3) is 0.0769. The summed E-state index contributed by atoms with van der Waals surface area (Å²) in [6.45, 7) is 0.0358. The molecular weight excluding hydrogens is 525 g/mol. The highest BCUT2D eigenvalue weighted by atomic mass is 32.1. The average Bonchev–Trinajstić information content (AvgIpc) is 3.66. The molecule has 2 aliphatic rings. The van der Waals surface area contributed by atoms with E-state index in [0.29, 0.717) is 17.0 Å². The van der Waals surface area contributed by atoms with Crippen LogP contribution in [0, 0.1) is 11.6 Å². The van der Waals surface area contributed by atoms with E-state index in [1.807, 2.05) is 0 Å². The van der Waals surface area contributed by atoms with Gasteiger partial charge in [-0.15, -0.1) is 11.3 Å². The molecule has 0 spiro atoms. The summed E-state index contributed by atoms with van der Waals surface area (Å²) in [7, 11) is 0. The normalized spacial score (nSPS) is 11.9. The molecule has 190 valence electrons. The van der Waals surface area contributed by atoms with Crippen molar-refractivity contribution in [1.82, 2.24) is 24.9 Å². The van der Waals surface area contributed by atoms with Gasteiger partial charge in [0.25, 0.3) is 0 Å². The minimum Gasteiger partial charge on any atom is -0.359 e. The van der Waals surface area contributed by atoms with Crippen LogP contribution in [0.5, 0.6) is 0 Å². The molecule has 0 N–H and O–H groups in total. The molecule has 2 aliphatic heterocycles. The van der Waals surface area contributed by atoms with Crippen molar-refractivity contribution in [3.8, 4) is 44.5 Å². The van der Waals surface area contributed by atoms with Gasteiger partial charge in [0.05, 0.1) is 23.5 Å². The van der Waals surface area contributed by atoms with E-state index < -0.39 is 23.4 Å². The van der Waals surface area contributed by atoms with Crippen LogP contribution in [0.1, 0.15) is 11.3 Å². The second kappa shape index (κ2) is 9.14. The Balaban J connectivity index is 1.29. The number of rotatable bonds is 5. The maximum absolute atomic E-state index is 14.2. The molecule has 0 radical (unpaired) electrons. The van der Waals surface area contributed by atoms with Crippen LogP contribution in [0.3, 0.4) is 0 Å². The monoisotopic (exact) mass is 539 g/mol. The molecule has 2 aromatic carbocycles. The average molecular weight is 539 g/mol. The third kappa shape index (κ3) is 4.43. The van der Waals surface area contributed by atoms with Crippen molar-refractivity contribution < 1.29 is 26.5 Å². The first kappa shape index (κ1) is 23.9. The first-order valence-corrected chi connectivity index (χ1v) is 12.0. The van der Waals surface area contributed by atoms with Gasteiger partial charge in [-0.05, 0) is 35.2 Å². The summed E-state index contributed by atoms with van der Waals surface area (Å²) in [5.74, 6) is -1.81. The Kier molecular flexibility index (Phi) is 5.75. The number of nitrogens with zero attached hydrogens (tertiary/aromatic N) is 5. The highest BCUT2D eigenvalue weighted by Gasteiger charge is 2.35. The fourth-order valence-corrected chi connectivity index (χ4v) is 4.74. The second-order valence-corrected chi connectivity index (χ2v) is 9.25. The maximum atomic E-state index is 14.2. The maximum Gasteiger partial charge on any atom is 0.417 e. The van der Waals surface area contributed by atoms with Gasteiger partial charge < -0.3 is 4.52 Å². The van der Waals surface area contributed by atoms with Gasteiger partial charge in [0.1, 0.15) is 23.6 Å². The molecule has 38 heavy (non-hydrogen) atoms. The molecule has 0 fully saturated rings. The number of imidazole rings is 1. The molecule has 0 bridgehead atoms. The quantitative estimate of drug-likeness (QED) is 0.217. The van der Waals surface area contributed by atoms with Crippen molar-refractivity contribution in [3.63, 3.8) is 0 Å². The minimum absolute atomic E-state index is 0.00387. The lowest BCUT2D eigenvalue weighted by molar-refractivity contribution is -0.137. The van der Waals surface area contributed by atoms with Gasteiger partial charge in [-0.2, -0.15) is 18.3 Å². The topological polar surface area (TPSA) is 69.6 Å². The summed E-state index contributed by atoms with van der Waals surface area (Å²) in [6.07, 6.45) is -1.69. The van der Waals surface area contributed by atoms with Gasteiger partial charge in [0.2, 0.25) is 0 Å². The van der Waals surface area contributed by atoms with Crippen LogP contribution in [-0.4, -0.2) is 24.9 Å². The van der Waals surface area contributed by atoms with Gasteiger partial charge in [-0.25, -0.2) is 18.7 Å². The number of aromatic nitrogens is 5. The Morgan fingerprint density at radius 3 is 2.53 bits per heavy atom. The van der Waals surface area contributed by atoms with Crippen LogP contribution in [0.25, 0.3) is 44.5 Å². The largest absolute Gasteiger partial charge is 0.417 e. The Bertz CT molecular complexity index is 1720. The number of fused-ring (bicyclic) bond motifs is 1. The Morgan fingerprint density at radius 1 is 0.895 bits per heavy atom. The lowest BCUT2D eigenvalue weighted by Crippen LogP contribution is -2.07. The van der Waals surface area contributed by atoms with Crippen LogP contribution < -0.4 is 0 Å². The number of hydrogen-bond donors (Lipinski definition) is 0. The molecule has 4 aromatic rings. The predicted octanol–water partition coefficient (Wildman–Crippen LogP) is 7.17. The van der Waals surface area contributed by atoms with Gasteiger partial charge in [0, 0.05) is 16.5 Å². The van der Waals surface area contributed by atoms with Gasteiger partial charge >= 0.3 is 6.18 Å². The molecule has 12 heteroatoms. The first-order valence-electron chi connectivity index (χ1n) is 11.1.